The smallest absolute Gasteiger partial charge is 0.123 e. The number of hydrogen-bond donors (Lipinski definition) is 0. The lowest BCUT2D eigenvalue weighted by atomic mass is 10.0. The van der Waals surface area contributed by atoms with Crippen molar-refractivity contribution in [2.45, 2.75) is 11.8 Å². The summed E-state index contributed by atoms with van der Waals surface area (Å²) in [6.45, 7) is 0. The van der Waals surface area contributed by atoms with Crippen LogP contribution in [0.1, 0.15) is 16.5 Å². The van der Waals surface area contributed by atoms with Gasteiger partial charge in [0.05, 0.1) is 12.5 Å². The minimum Gasteiger partial charge on any atom is -0.496 e. The number of ether oxygens (including phenoxy) is 1. The second-order valence-corrected chi connectivity index (χ2v) is 5.63. The molecule has 0 radical (unpaired) electrons. The highest BCUT2D eigenvalue weighted by Gasteiger charge is 2.14. The van der Waals surface area contributed by atoms with Crippen molar-refractivity contribution in [1.29, 1.82) is 0 Å². The van der Waals surface area contributed by atoms with E-state index in [4.69, 9.17) is 16.3 Å². The minimum absolute atomic E-state index is 0.224. The first kappa shape index (κ1) is 14.4. The van der Waals surface area contributed by atoms with Crippen molar-refractivity contribution in [2.24, 2.45) is 0 Å². The van der Waals surface area contributed by atoms with E-state index >= 15 is 0 Å². The van der Waals surface area contributed by atoms with Crippen LogP contribution in [0.4, 0.5) is 4.39 Å². The molecular formula is C15H13BrClFO. The molecule has 0 N–H and O–H groups in total. The molecule has 2 aromatic rings. The Kier molecular flexibility index (Phi) is 4.83. The van der Waals surface area contributed by atoms with Gasteiger partial charge >= 0.3 is 0 Å². The molecule has 0 aliphatic rings. The Morgan fingerprint density at radius 1 is 1.21 bits per heavy atom. The van der Waals surface area contributed by atoms with Crippen molar-refractivity contribution in [3.8, 4) is 5.75 Å². The van der Waals surface area contributed by atoms with E-state index in [1.54, 1.807) is 19.2 Å². The van der Waals surface area contributed by atoms with Crippen LogP contribution in [0.5, 0.6) is 5.75 Å². The van der Waals surface area contributed by atoms with Crippen LogP contribution in [0.15, 0.2) is 46.9 Å². The summed E-state index contributed by atoms with van der Waals surface area (Å²) in [5, 5.41) is -0.224. The Labute approximate surface area is 125 Å². The van der Waals surface area contributed by atoms with Crippen LogP contribution < -0.4 is 4.74 Å². The Morgan fingerprint density at radius 3 is 2.53 bits per heavy atom. The molecule has 0 aromatic heterocycles. The highest BCUT2D eigenvalue weighted by molar-refractivity contribution is 9.10. The van der Waals surface area contributed by atoms with Crippen molar-refractivity contribution in [1.82, 2.24) is 0 Å². The average Bonchev–Trinajstić information content (AvgIpc) is 2.41. The predicted octanol–water partition coefficient (Wildman–Crippen LogP) is 5.12. The summed E-state index contributed by atoms with van der Waals surface area (Å²) in [7, 11) is 1.62. The Balaban J connectivity index is 2.21. The zero-order valence-corrected chi connectivity index (χ0v) is 12.7. The zero-order chi connectivity index (χ0) is 13.8. The quantitative estimate of drug-likeness (QED) is 0.700. The molecule has 4 heteroatoms. The Morgan fingerprint density at radius 2 is 1.89 bits per heavy atom. The van der Waals surface area contributed by atoms with Gasteiger partial charge in [0.15, 0.2) is 0 Å². The molecule has 1 nitrogen and oxygen atoms in total. The number of halogens is 3. The van der Waals surface area contributed by atoms with E-state index in [-0.39, 0.29) is 11.2 Å². The first-order valence-electron chi connectivity index (χ1n) is 5.82. The normalized spacial score (nSPS) is 12.2. The third-order valence-corrected chi connectivity index (χ3v) is 3.74. The predicted molar refractivity (Wildman–Crippen MR) is 79.4 cm³/mol. The van der Waals surface area contributed by atoms with E-state index < -0.39 is 0 Å². The molecule has 2 aromatic carbocycles. The number of methoxy groups -OCH3 is 1. The molecular weight excluding hydrogens is 331 g/mol. The van der Waals surface area contributed by atoms with E-state index in [9.17, 15) is 4.39 Å². The second kappa shape index (κ2) is 6.40. The highest BCUT2D eigenvalue weighted by atomic mass is 79.9. The number of alkyl halides is 1. The van der Waals surface area contributed by atoms with E-state index in [0.717, 1.165) is 21.3 Å². The molecule has 0 saturated carbocycles. The van der Waals surface area contributed by atoms with Gasteiger partial charge in [-0.05, 0) is 42.3 Å². The van der Waals surface area contributed by atoms with Gasteiger partial charge in [-0.3, -0.25) is 0 Å². The first-order valence-corrected chi connectivity index (χ1v) is 7.05. The van der Waals surface area contributed by atoms with Crippen LogP contribution in [0.3, 0.4) is 0 Å². The number of benzene rings is 2. The summed E-state index contributed by atoms with van der Waals surface area (Å²) in [5.74, 6) is 0.514. The van der Waals surface area contributed by atoms with Crippen molar-refractivity contribution in [3.63, 3.8) is 0 Å². The van der Waals surface area contributed by atoms with Crippen LogP contribution in [0, 0.1) is 5.82 Å². The van der Waals surface area contributed by atoms with Crippen LogP contribution in [0.2, 0.25) is 0 Å². The Bertz CT molecular complexity index is 557. The summed E-state index contributed by atoms with van der Waals surface area (Å²) >= 11 is 9.87. The molecule has 0 saturated heterocycles. The van der Waals surface area contributed by atoms with Gasteiger partial charge in [0, 0.05) is 10.0 Å². The van der Waals surface area contributed by atoms with Gasteiger partial charge in [-0.1, -0.05) is 28.1 Å². The summed E-state index contributed by atoms with van der Waals surface area (Å²) in [4.78, 5) is 0. The lowest BCUT2D eigenvalue weighted by molar-refractivity contribution is 0.409. The van der Waals surface area contributed by atoms with E-state index in [2.05, 4.69) is 15.9 Å². The number of hydrogen-bond acceptors (Lipinski definition) is 1. The average molecular weight is 344 g/mol. The lowest BCUT2D eigenvalue weighted by Crippen LogP contribution is -1.99. The fraction of sp³-hybridized carbons (Fsp3) is 0.200. The summed E-state index contributed by atoms with van der Waals surface area (Å²) < 4.78 is 19.1. The molecule has 0 bridgehead atoms. The highest BCUT2D eigenvalue weighted by Crippen LogP contribution is 2.34. The molecule has 0 fully saturated rings. The van der Waals surface area contributed by atoms with Crippen LogP contribution >= 0.6 is 27.5 Å². The molecule has 19 heavy (non-hydrogen) atoms. The maximum absolute atomic E-state index is 12.9. The summed E-state index contributed by atoms with van der Waals surface area (Å²) in [6, 6.07) is 12.1. The van der Waals surface area contributed by atoms with Crippen LogP contribution in [-0.4, -0.2) is 7.11 Å². The third kappa shape index (κ3) is 3.71. The van der Waals surface area contributed by atoms with Crippen LogP contribution in [0.25, 0.3) is 0 Å². The molecule has 0 aliphatic heterocycles. The fourth-order valence-corrected chi connectivity index (χ4v) is 2.61. The van der Waals surface area contributed by atoms with E-state index in [0.29, 0.717) is 6.42 Å². The second-order valence-electron chi connectivity index (χ2n) is 4.18. The minimum atomic E-state index is -0.241. The monoisotopic (exact) mass is 342 g/mol. The molecule has 0 aliphatic carbocycles. The van der Waals surface area contributed by atoms with E-state index in [1.807, 2.05) is 18.2 Å². The summed E-state index contributed by atoms with van der Waals surface area (Å²) in [5.41, 5.74) is 1.91. The maximum Gasteiger partial charge on any atom is 0.123 e. The van der Waals surface area contributed by atoms with Crippen molar-refractivity contribution < 1.29 is 9.13 Å². The van der Waals surface area contributed by atoms with E-state index in [1.165, 1.54) is 12.1 Å². The molecule has 100 valence electrons. The molecule has 0 amide bonds. The molecule has 0 heterocycles. The largest absolute Gasteiger partial charge is 0.496 e. The van der Waals surface area contributed by atoms with Gasteiger partial charge in [-0.15, -0.1) is 11.6 Å². The van der Waals surface area contributed by atoms with Crippen molar-refractivity contribution in [3.05, 3.63) is 63.9 Å². The standard InChI is InChI=1S/C15H13BrClFO/c1-19-15-7-4-11(16)9-13(15)14(17)8-10-2-5-12(18)6-3-10/h2-7,9,14H,8H2,1H3. The molecule has 2 rings (SSSR count). The lowest BCUT2D eigenvalue weighted by Gasteiger charge is -2.14. The fourth-order valence-electron chi connectivity index (χ4n) is 1.89. The van der Waals surface area contributed by atoms with Gasteiger partial charge < -0.3 is 4.74 Å². The van der Waals surface area contributed by atoms with Gasteiger partial charge in [0.1, 0.15) is 11.6 Å². The maximum atomic E-state index is 12.9. The van der Waals surface area contributed by atoms with Gasteiger partial charge in [-0.25, -0.2) is 4.39 Å². The summed E-state index contributed by atoms with van der Waals surface area (Å²) in [6.07, 6.45) is 0.620. The molecule has 1 atom stereocenters. The SMILES string of the molecule is COc1ccc(Br)cc1C(Cl)Cc1ccc(F)cc1. The Hall–Kier alpha value is -1.06. The van der Waals surface area contributed by atoms with Crippen molar-refractivity contribution in [2.75, 3.05) is 7.11 Å². The van der Waals surface area contributed by atoms with Gasteiger partial charge in [0.25, 0.3) is 0 Å². The van der Waals surface area contributed by atoms with Crippen molar-refractivity contribution >= 4 is 27.5 Å². The number of rotatable bonds is 4. The molecule has 1 unspecified atom stereocenters. The first-order chi connectivity index (χ1) is 9.10. The topological polar surface area (TPSA) is 9.23 Å². The zero-order valence-electron chi connectivity index (χ0n) is 10.4. The van der Waals surface area contributed by atoms with Gasteiger partial charge in [0.2, 0.25) is 0 Å². The third-order valence-electron chi connectivity index (χ3n) is 2.86. The molecule has 0 spiro atoms. The van der Waals surface area contributed by atoms with Crippen LogP contribution in [-0.2, 0) is 6.42 Å². The van der Waals surface area contributed by atoms with Gasteiger partial charge in [-0.2, -0.15) is 0 Å².